The van der Waals surface area contributed by atoms with Crippen LogP contribution in [0.15, 0.2) is 6.33 Å². The van der Waals surface area contributed by atoms with E-state index in [2.05, 4.69) is 15.3 Å². The quantitative estimate of drug-likeness (QED) is 0.462. The van der Waals surface area contributed by atoms with Crippen LogP contribution in [0.2, 0.25) is 0 Å². The minimum atomic E-state index is -0.616. The molecule has 0 aliphatic heterocycles. The normalized spacial score (nSPS) is 28.9. The van der Waals surface area contributed by atoms with Gasteiger partial charge in [-0.3, -0.25) is 0 Å². The lowest BCUT2D eigenvalue weighted by atomic mass is 9.90. The predicted molar refractivity (Wildman–Crippen MR) is 64.1 cm³/mol. The number of aliphatic hydroxyl groups is 2. The third-order valence-electron chi connectivity index (χ3n) is 3.05. The molecule has 0 aromatic carbocycles. The molecule has 7 N–H and O–H groups in total. The third-order valence-corrected chi connectivity index (χ3v) is 3.05. The molecule has 0 bridgehead atoms. The number of aliphatic hydroxyl groups excluding tert-OH is 2. The van der Waals surface area contributed by atoms with Crippen LogP contribution >= 0.6 is 0 Å². The minimum Gasteiger partial charge on any atom is -0.393 e. The van der Waals surface area contributed by atoms with Crippen molar-refractivity contribution in [2.24, 2.45) is 0 Å². The van der Waals surface area contributed by atoms with Gasteiger partial charge in [0.1, 0.15) is 12.0 Å². The molecule has 0 amide bonds. The van der Waals surface area contributed by atoms with Gasteiger partial charge in [0.2, 0.25) is 0 Å². The van der Waals surface area contributed by atoms with Crippen LogP contribution in [0.5, 0.6) is 0 Å². The first kappa shape index (κ1) is 11.9. The van der Waals surface area contributed by atoms with Crippen LogP contribution in [0.4, 0.5) is 17.3 Å². The Kier molecular flexibility index (Phi) is 3.30. The van der Waals surface area contributed by atoms with Crippen LogP contribution in [0, 0.1) is 0 Å². The van der Waals surface area contributed by atoms with Gasteiger partial charge in [0.05, 0.1) is 18.2 Å². The van der Waals surface area contributed by atoms with E-state index in [1.54, 1.807) is 0 Å². The van der Waals surface area contributed by atoms with Crippen molar-refractivity contribution in [3.05, 3.63) is 6.33 Å². The summed E-state index contributed by atoms with van der Waals surface area (Å²) in [6, 6.07) is -0.472. The minimum absolute atomic E-state index is 0.183. The van der Waals surface area contributed by atoms with Gasteiger partial charge >= 0.3 is 0 Å². The first-order chi connectivity index (χ1) is 8.09. The Morgan fingerprint density at radius 3 is 2.47 bits per heavy atom. The molecular weight excluding hydrogens is 222 g/mol. The summed E-state index contributed by atoms with van der Waals surface area (Å²) in [5.41, 5.74) is 11.5. The Morgan fingerprint density at radius 1 is 1.18 bits per heavy atom. The van der Waals surface area contributed by atoms with Crippen molar-refractivity contribution in [3.8, 4) is 0 Å². The second-order valence-electron chi connectivity index (χ2n) is 4.26. The molecule has 1 aliphatic rings. The molecule has 0 spiro atoms. The average Bonchev–Trinajstić information content (AvgIpc) is 2.29. The smallest absolute Gasteiger partial charge is 0.155 e. The molecule has 1 aliphatic carbocycles. The molecule has 1 heterocycles. The SMILES string of the molecule is Nc1ncnc(NC2[C@H](O)CCC[C@@H]2O)c1N. The van der Waals surface area contributed by atoms with Crippen LogP contribution in [0.3, 0.4) is 0 Å². The van der Waals surface area contributed by atoms with Crippen molar-refractivity contribution in [3.63, 3.8) is 0 Å². The molecule has 1 saturated carbocycles. The van der Waals surface area contributed by atoms with Gasteiger partial charge in [0.15, 0.2) is 11.6 Å². The summed E-state index contributed by atoms with van der Waals surface area (Å²) in [5, 5.41) is 22.6. The molecule has 94 valence electrons. The van der Waals surface area contributed by atoms with Crippen LogP contribution in [0.25, 0.3) is 0 Å². The maximum absolute atomic E-state index is 9.82. The number of hydrogen-bond donors (Lipinski definition) is 5. The summed E-state index contributed by atoms with van der Waals surface area (Å²) >= 11 is 0. The Hall–Kier alpha value is -1.60. The first-order valence-electron chi connectivity index (χ1n) is 5.58. The van der Waals surface area contributed by atoms with E-state index >= 15 is 0 Å². The third kappa shape index (κ3) is 2.40. The zero-order valence-corrected chi connectivity index (χ0v) is 9.37. The number of nitrogen functional groups attached to an aromatic ring is 2. The topological polar surface area (TPSA) is 130 Å². The van der Waals surface area contributed by atoms with Crippen molar-refractivity contribution in [1.29, 1.82) is 0 Å². The maximum Gasteiger partial charge on any atom is 0.155 e. The van der Waals surface area contributed by atoms with Gasteiger partial charge in [-0.1, -0.05) is 0 Å². The molecule has 1 fully saturated rings. The number of nitrogens with two attached hydrogens (primary N) is 2. The number of anilines is 3. The fourth-order valence-electron chi connectivity index (χ4n) is 2.03. The van der Waals surface area contributed by atoms with Crippen LogP contribution in [-0.4, -0.2) is 38.4 Å². The summed E-state index contributed by atoms with van der Waals surface area (Å²) in [5.74, 6) is 0.532. The van der Waals surface area contributed by atoms with E-state index in [1.807, 2.05) is 0 Å². The lowest BCUT2D eigenvalue weighted by Gasteiger charge is -2.33. The molecule has 1 aromatic rings. The highest BCUT2D eigenvalue weighted by Crippen LogP contribution is 2.26. The van der Waals surface area contributed by atoms with Crippen LogP contribution in [-0.2, 0) is 0 Å². The molecule has 1 aromatic heterocycles. The number of nitrogens with one attached hydrogen (secondary N) is 1. The Balaban J connectivity index is 2.16. The van der Waals surface area contributed by atoms with Crippen molar-refractivity contribution in [1.82, 2.24) is 9.97 Å². The van der Waals surface area contributed by atoms with Gasteiger partial charge in [-0.2, -0.15) is 0 Å². The summed E-state index contributed by atoms with van der Waals surface area (Å²) in [7, 11) is 0. The largest absolute Gasteiger partial charge is 0.393 e. The molecule has 7 nitrogen and oxygen atoms in total. The van der Waals surface area contributed by atoms with E-state index < -0.39 is 18.2 Å². The first-order valence-corrected chi connectivity index (χ1v) is 5.58. The van der Waals surface area contributed by atoms with Gasteiger partial charge in [0, 0.05) is 0 Å². The molecular formula is C10H17N5O2. The van der Waals surface area contributed by atoms with E-state index in [1.165, 1.54) is 6.33 Å². The number of nitrogens with zero attached hydrogens (tertiary/aromatic N) is 2. The lowest BCUT2D eigenvalue weighted by Crippen LogP contribution is -2.46. The van der Waals surface area contributed by atoms with Crippen molar-refractivity contribution >= 4 is 17.3 Å². The van der Waals surface area contributed by atoms with E-state index in [0.717, 1.165) is 6.42 Å². The van der Waals surface area contributed by atoms with Crippen molar-refractivity contribution < 1.29 is 10.2 Å². The molecule has 7 heteroatoms. The highest BCUT2D eigenvalue weighted by Gasteiger charge is 2.31. The summed E-state index contributed by atoms with van der Waals surface area (Å²) in [6.45, 7) is 0. The van der Waals surface area contributed by atoms with Crippen LogP contribution in [0.1, 0.15) is 19.3 Å². The number of rotatable bonds is 2. The predicted octanol–water partition coefficient (Wildman–Crippen LogP) is -0.673. The fraction of sp³-hybridized carbons (Fsp3) is 0.600. The Labute approximate surface area is 98.9 Å². The van der Waals surface area contributed by atoms with Gasteiger partial charge in [0.25, 0.3) is 0 Å². The summed E-state index contributed by atoms with van der Waals surface area (Å²) in [4.78, 5) is 7.70. The van der Waals surface area contributed by atoms with Gasteiger partial charge in [-0.05, 0) is 19.3 Å². The Morgan fingerprint density at radius 2 is 1.82 bits per heavy atom. The fourth-order valence-corrected chi connectivity index (χ4v) is 2.03. The second kappa shape index (κ2) is 4.72. The molecule has 0 radical (unpaired) electrons. The number of aromatic nitrogens is 2. The average molecular weight is 239 g/mol. The maximum atomic E-state index is 9.82. The van der Waals surface area contributed by atoms with Crippen LogP contribution < -0.4 is 16.8 Å². The standard InChI is InChI=1S/C10H17N5O2/c11-7-9(12)13-4-14-10(7)15-8-5(16)2-1-3-6(8)17/h4-6,8,16-17H,1-3,11H2,(H3,12,13,14,15)/t5-,6+,8?. The molecule has 17 heavy (non-hydrogen) atoms. The van der Waals surface area contributed by atoms with E-state index in [-0.39, 0.29) is 11.5 Å². The lowest BCUT2D eigenvalue weighted by molar-refractivity contribution is 0.0259. The summed E-state index contributed by atoms with van der Waals surface area (Å²) < 4.78 is 0. The van der Waals surface area contributed by atoms with Gasteiger partial charge in [-0.15, -0.1) is 0 Å². The second-order valence-corrected chi connectivity index (χ2v) is 4.26. The zero-order valence-electron chi connectivity index (χ0n) is 9.37. The van der Waals surface area contributed by atoms with Gasteiger partial charge in [-0.25, -0.2) is 9.97 Å². The molecule has 3 atom stereocenters. The number of hydrogen-bond acceptors (Lipinski definition) is 7. The Bertz CT molecular complexity index is 390. The molecule has 1 unspecified atom stereocenters. The van der Waals surface area contributed by atoms with E-state index in [9.17, 15) is 10.2 Å². The monoisotopic (exact) mass is 239 g/mol. The van der Waals surface area contributed by atoms with Crippen molar-refractivity contribution in [2.75, 3.05) is 16.8 Å². The van der Waals surface area contributed by atoms with E-state index in [0.29, 0.717) is 18.7 Å². The van der Waals surface area contributed by atoms with Crippen molar-refractivity contribution in [2.45, 2.75) is 37.5 Å². The molecule has 0 saturated heterocycles. The summed E-state index contributed by atoms with van der Waals surface area (Å²) in [6.07, 6.45) is 2.16. The van der Waals surface area contributed by atoms with E-state index in [4.69, 9.17) is 11.5 Å². The van der Waals surface area contributed by atoms with Gasteiger partial charge < -0.3 is 27.0 Å². The molecule has 2 rings (SSSR count). The highest BCUT2D eigenvalue weighted by molar-refractivity contribution is 5.72. The highest BCUT2D eigenvalue weighted by atomic mass is 16.3. The zero-order chi connectivity index (χ0) is 12.4.